The number of ether oxygens (including phenoxy) is 1. The maximum absolute atomic E-state index is 11.8. The van der Waals surface area contributed by atoms with Gasteiger partial charge in [0.25, 0.3) is 0 Å². The smallest absolute Gasteiger partial charge is 0.244 e. The van der Waals surface area contributed by atoms with Crippen molar-refractivity contribution in [3.05, 3.63) is 11.2 Å². The Morgan fingerprint density at radius 2 is 2.50 bits per heavy atom. The van der Waals surface area contributed by atoms with Crippen molar-refractivity contribution < 1.29 is 9.53 Å². The number of nitrogen functional groups attached to an aromatic ring is 1. The molecule has 3 N–H and O–H groups in total. The summed E-state index contributed by atoms with van der Waals surface area (Å²) in [7, 11) is 1.57. The molecule has 1 unspecified atom stereocenters. The molecule has 8 heteroatoms. The number of rotatable bonds is 2. The number of nitrogens with one attached hydrogen (secondary N) is 1. The van der Waals surface area contributed by atoms with Gasteiger partial charge in [-0.1, -0.05) is 11.6 Å². The molecule has 1 aromatic heterocycles. The topological polar surface area (TPSA) is 93.4 Å². The maximum atomic E-state index is 11.8. The molecule has 0 radical (unpaired) electrons. The lowest BCUT2D eigenvalue weighted by molar-refractivity contribution is -0.124. The van der Waals surface area contributed by atoms with E-state index < -0.39 is 6.04 Å². The number of hydrogen-bond donors (Lipinski definition) is 2. The van der Waals surface area contributed by atoms with Gasteiger partial charge in [0.15, 0.2) is 5.82 Å². The number of nitrogens with zero attached hydrogens (tertiary/aromatic N) is 3. The monoisotopic (exact) mass is 271 g/mol. The molecule has 1 fully saturated rings. The molecule has 1 saturated heterocycles. The summed E-state index contributed by atoms with van der Waals surface area (Å²) in [4.78, 5) is 21.5. The summed E-state index contributed by atoms with van der Waals surface area (Å²) in [5.41, 5.74) is 5.55. The van der Waals surface area contributed by atoms with E-state index in [1.165, 1.54) is 6.20 Å². The average molecular weight is 272 g/mol. The van der Waals surface area contributed by atoms with Gasteiger partial charge < -0.3 is 20.7 Å². The van der Waals surface area contributed by atoms with Crippen molar-refractivity contribution in [3.8, 4) is 0 Å². The predicted octanol–water partition coefficient (Wildman–Crippen LogP) is -0.337. The number of hydrogen-bond acceptors (Lipinski definition) is 6. The van der Waals surface area contributed by atoms with E-state index in [4.69, 9.17) is 22.1 Å². The van der Waals surface area contributed by atoms with E-state index >= 15 is 0 Å². The first-order valence-electron chi connectivity index (χ1n) is 5.47. The molecule has 2 rings (SSSR count). The lowest BCUT2D eigenvalue weighted by atomic mass is 10.2. The van der Waals surface area contributed by atoms with Crippen LogP contribution in [0.2, 0.25) is 5.02 Å². The first kappa shape index (κ1) is 12.8. The molecule has 98 valence electrons. The van der Waals surface area contributed by atoms with E-state index in [0.29, 0.717) is 30.6 Å². The van der Waals surface area contributed by atoms with Crippen LogP contribution in [0.25, 0.3) is 0 Å². The third-order valence-electron chi connectivity index (χ3n) is 2.69. The van der Waals surface area contributed by atoms with Gasteiger partial charge in [-0.2, -0.15) is 4.98 Å². The molecule has 1 atom stereocenters. The fourth-order valence-electron chi connectivity index (χ4n) is 1.81. The zero-order chi connectivity index (χ0) is 13.1. The van der Waals surface area contributed by atoms with Crippen LogP contribution in [0, 0.1) is 0 Å². The van der Waals surface area contributed by atoms with Crippen molar-refractivity contribution in [3.63, 3.8) is 0 Å². The minimum absolute atomic E-state index is 0.122. The standard InChI is InChI=1S/C10H14ClN5O2/c1-13-9(17)7-5-18-3-2-16(7)8-6(11)4-14-10(12)15-8/h4,7H,2-3,5H2,1H3,(H,13,17)(H2,12,14,15). The summed E-state index contributed by atoms with van der Waals surface area (Å²) in [5, 5.41) is 2.95. The molecule has 0 spiro atoms. The molecule has 18 heavy (non-hydrogen) atoms. The number of halogens is 1. The summed E-state index contributed by atoms with van der Waals surface area (Å²) in [5.74, 6) is 0.431. The Morgan fingerprint density at radius 1 is 1.72 bits per heavy atom. The summed E-state index contributed by atoms with van der Waals surface area (Å²) < 4.78 is 5.31. The number of aromatic nitrogens is 2. The van der Waals surface area contributed by atoms with Gasteiger partial charge in [0, 0.05) is 13.6 Å². The van der Waals surface area contributed by atoms with Crippen LogP contribution in [0.3, 0.4) is 0 Å². The van der Waals surface area contributed by atoms with Crippen molar-refractivity contribution >= 4 is 29.3 Å². The third kappa shape index (κ3) is 2.46. The van der Waals surface area contributed by atoms with Crippen LogP contribution in [0.1, 0.15) is 0 Å². The Bertz CT molecular complexity index is 456. The minimum atomic E-state index is -0.462. The molecule has 7 nitrogen and oxygen atoms in total. The van der Waals surface area contributed by atoms with Crippen LogP contribution in [0.15, 0.2) is 6.20 Å². The number of anilines is 2. The highest BCUT2D eigenvalue weighted by Crippen LogP contribution is 2.26. The second kappa shape index (κ2) is 5.36. The van der Waals surface area contributed by atoms with Crippen LogP contribution < -0.4 is 16.0 Å². The lowest BCUT2D eigenvalue weighted by Crippen LogP contribution is -2.53. The predicted molar refractivity (Wildman–Crippen MR) is 67.5 cm³/mol. The molecular formula is C10H14ClN5O2. The molecule has 0 bridgehead atoms. The summed E-state index contributed by atoms with van der Waals surface area (Å²) in [6, 6.07) is -0.462. The van der Waals surface area contributed by atoms with Crippen molar-refractivity contribution in [2.24, 2.45) is 0 Å². The molecule has 1 amide bonds. The van der Waals surface area contributed by atoms with Crippen LogP contribution in [0.4, 0.5) is 11.8 Å². The van der Waals surface area contributed by atoms with Gasteiger partial charge in [0.1, 0.15) is 11.1 Å². The van der Waals surface area contributed by atoms with Crippen LogP contribution in [0.5, 0.6) is 0 Å². The molecule has 1 aromatic rings. The van der Waals surface area contributed by atoms with Gasteiger partial charge >= 0.3 is 0 Å². The molecule has 1 aliphatic heterocycles. The van der Waals surface area contributed by atoms with Gasteiger partial charge in [0.2, 0.25) is 11.9 Å². The van der Waals surface area contributed by atoms with Crippen molar-refractivity contribution in [2.75, 3.05) is 37.4 Å². The van der Waals surface area contributed by atoms with Gasteiger partial charge in [-0.05, 0) is 0 Å². The first-order valence-corrected chi connectivity index (χ1v) is 5.85. The molecule has 0 aliphatic carbocycles. The van der Waals surface area contributed by atoms with E-state index in [1.54, 1.807) is 11.9 Å². The molecule has 0 aromatic carbocycles. The fraction of sp³-hybridized carbons (Fsp3) is 0.500. The third-order valence-corrected chi connectivity index (χ3v) is 2.96. The minimum Gasteiger partial charge on any atom is -0.377 e. The van der Waals surface area contributed by atoms with Gasteiger partial charge in [-0.15, -0.1) is 0 Å². The second-order valence-corrected chi connectivity index (χ2v) is 4.21. The highest BCUT2D eigenvalue weighted by Gasteiger charge is 2.31. The number of nitrogens with two attached hydrogens (primary N) is 1. The van der Waals surface area contributed by atoms with Crippen LogP contribution >= 0.6 is 11.6 Å². The highest BCUT2D eigenvalue weighted by molar-refractivity contribution is 6.32. The van der Waals surface area contributed by atoms with Crippen molar-refractivity contribution in [1.82, 2.24) is 15.3 Å². The zero-order valence-corrected chi connectivity index (χ0v) is 10.6. The number of carbonyl (C=O) groups is 1. The van der Waals surface area contributed by atoms with Crippen molar-refractivity contribution in [2.45, 2.75) is 6.04 Å². The van der Waals surface area contributed by atoms with Gasteiger partial charge in [-0.25, -0.2) is 4.98 Å². The van der Waals surface area contributed by atoms with Gasteiger partial charge in [-0.3, -0.25) is 4.79 Å². The Morgan fingerprint density at radius 3 is 3.22 bits per heavy atom. The maximum Gasteiger partial charge on any atom is 0.244 e. The Kier molecular flexibility index (Phi) is 3.83. The van der Waals surface area contributed by atoms with E-state index in [-0.39, 0.29) is 11.9 Å². The summed E-state index contributed by atoms with van der Waals surface area (Å²) in [6.45, 7) is 1.32. The number of morpholine rings is 1. The van der Waals surface area contributed by atoms with Crippen LogP contribution in [-0.4, -0.2) is 48.7 Å². The lowest BCUT2D eigenvalue weighted by Gasteiger charge is -2.35. The fourth-order valence-corrected chi connectivity index (χ4v) is 2.01. The second-order valence-electron chi connectivity index (χ2n) is 3.80. The average Bonchev–Trinajstić information content (AvgIpc) is 2.40. The van der Waals surface area contributed by atoms with E-state index in [2.05, 4.69) is 15.3 Å². The molecular weight excluding hydrogens is 258 g/mol. The molecule has 1 aliphatic rings. The number of carbonyl (C=O) groups excluding carboxylic acids is 1. The summed E-state index contributed by atoms with van der Waals surface area (Å²) in [6.07, 6.45) is 1.43. The quantitative estimate of drug-likeness (QED) is 0.765. The number of amides is 1. The normalized spacial score (nSPS) is 19.7. The zero-order valence-electron chi connectivity index (χ0n) is 9.89. The first-order chi connectivity index (χ1) is 8.63. The molecule has 0 saturated carbocycles. The Hall–Kier alpha value is -1.60. The SMILES string of the molecule is CNC(=O)C1COCCN1c1nc(N)ncc1Cl. The highest BCUT2D eigenvalue weighted by atomic mass is 35.5. The van der Waals surface area contributed by atoms with Crippen molar-refractivity contribution in [1.29, 1.82) is 0 Å². The van der Waals surface area contributed by atoms with E-state index in [9.17, 15) is 4.79 Å². The largest absolute Gasteiger partial charge is 0.377 e. The number of likely N-dealkylation sites (N-methyl/N-ethyl adjacent to an activating group) is 1. The molecule has 2 heterocycles. The van der Waals surface area contributed by atoms with E-state index in [1.807, 2.05) is 0 Å². The van der Waals surface area contributed by atoms with Gasteiger partial charge in [0.05, 0.1) is 19.4 Å². The van der Waals surface area contributed by atoms with Crippen LogP contribution in [-0.2, 0) is 9.53 Å². The Labute approximate surface area is 109 Å². The Balaban J connectivity index is 2.33. The summed E-state index contributed by atoms with van der Waals surface area (Å²) >= 11 is 6.05. The van der Waals surface area contributed by atoms with E-state index in [0.717, 1.165) is 0 Å².